The fraction of sp³-hybridized carbons (Fsp3) is 0.556. The molecular formula is C18H25N2O3+. The maximum atomic E-state index is 12.8. The van der Waals surface area contributed by atoms with Crippen LogP contribution in [0.5, 0.6) is 5.75 Å². The number of nitrogens with one attached hydrogen (secondary N) is 1. The second-order valence-corrected chi connectivity index (χ2v) is 6.59. The maximum absolute atomic E-state index is 12.8. The number of likely N-dealkylation sites (tertiary alicyclic amines) is 1. The third-order valence-corrected chi connectivity index (χ3v) is 4.96. The average Bonchev–Trinajstić information content (AvgIpc) is 2.84. The lowest BCUT2D eigenvalue weighted by Gasteiger charge is -2.30. The molecule has 1 aromatic rings. The molecule has 2 aliphatic heterocycles. The number of hydrogen-bond donors (Lipinski definition) is 1. The van der Waals surface area contributed by atoms with Gasteiger partial charge in [0.1, 0.15) is 5.75 Å². The van der Waals surface area contributed by atoms with Crippen molar-refractivity contribution in [1.82, 2.24) is 0 Å². The number of carbonyl (C=O) groups excluding carboxylic acids is 2. The number of carbonyl (C=O) groups is 2. The van der Waals surface area contributed by atoms with E-state index >= 15 is 0 Å². The molecule has 2 amide bonds. The van der Waals surface area contributed by atoms with Crippen LogP contribution in [0.25, 0.3) is 0 Å². The van der Waals surface area contributed by atoms with Crippen LogP contribution in [-0.4, -0.2) is 37.6 Å². The van der Waals surface area contributed by atoms with E-state index < -0.39 is 0 Å². The minimum absolute atomic E-state index is 0.0521. The summed E-state index contributed by atoms with van der Waals surface area (Å²) in [6.07, 6.45) is 2.60. The number of piperidine rings is 1. The first-order valence-electron chi connectivity index (χ1n) is 8.54. The third-order valence-electron chi connectivity index (χ3n) is 4.96. The molecule has 2 fully saturated rings. The van der Waals surface area contributed by atoms with Crippen molar-refractivity contribution < 1.29 is 19.2 Å². The fourth-order valence-corrected chi connectivity index (χ4v) is 3.56. The zero-order valence-corrected chi connectivity index (χ0v) is 13.9. The summed E-state index contributed by atoms with van der Waals surface area (Å²) in [7, 11) is 0. The molecule has 1 atom stereocenters. The second kappa shape index (κ2) is 6.71. The topological polar surface area (TPSA) is 51.0 Å². The highest BCUT2D eigenvalue weighted by molar-refractivity contribution is 6.21. The van der Waals surface area contributed by atoms with Crippen LogP contribution in [-0.2, 0) is 9.59 Å². The zero-order chi connectivity index (χ0) is 16.4. The van der Waals surface area contributed by atoms with E-state index in [0.717, 1.165) is 37.6 Å². The third kappa shape index (κ3) is 3.24. The summed E-state index contributed by atoms with van der Waals surface area (Å²) in [5.41, 5.74) is 0.649. The number of anilines is 1. The lowest BCUT2D eigenvalue weighted by atomic mass is 9.97. The van der Waals surface area contributed by atoms with Gasteiger partial charge in [0.15, 0.2) is 6.04 Å². The molecule has 3 rings (SSSR count). The first-order chi connectivity index (χ1) is 11.1. The standard InChI is InChI=1S/C18H24N2O3/c1-3-23-15-6-4-14(5-7-15)20-17(21)12-16(18(20)22)19-10-8-13(2)9-11-19/h4-7,13,16H,3,8-12H2,1-2H3/p+1. The number of amides is 2. The first-order valence-corrected chi connectivity index (χ1v) is 8.54. The van der Waals surface area contributed by atoms with Gasteiger partial charge in [-0.2, -0.15) is 0 Å². The van der Waals surface area contributed by atoms with Crippen LogP contribution in [0, 0.1) is 5.92 Å². The Kier molecular flexibility index (Phi) is 4.66. The Hall–Kier alpha value is -1.88. The van der Waals surface area contributed by atoms with Crippen molar-refractivity contribution in [2.45, 2.75) is 39.2 Å². The van der Waals surface area contributed by atoms with Crippen LogP contribution < -0.4 is 14.5 Å². The molecule has 5 heteroatoms. The lowest BCUT2D eigenvalue weighted by Crippen LogP contribution is -3.17. The molecule has 0 spiro atoms. The van der Waals surface area contributed by atoms with Crippen LogP contribution in [0.2, 0.25) is 0 Å². The quantitative estimate of drug-likeness (QED) is 0.844. The highest BCUT2D eigenvalue weighted by Crippen LogP contribution is 2.25. The SMILES string of the molecule is CCOc1ccc(N2C(=O)CC([NH+]3CCC(C)CC3)C2=O)cc1. The molecule has 23 heavy (non-hydrogen) atoms. The molecule has 0 radical (unpaired) electrons. The van der Waals surface area contributed by atoms with Crippen LogP contribution >= 0.6 is 0 Å². The molecule has 0 aromatic heterocycles. The molecule has 2 saturated heterocycles. The zero-order valence-electron chi connectivity index (χ0n) is 13.9. The summed E-state index contributed by atoms with van der Waals surface area (Å²) in [6.45, 7) is 6.75. The summed E-state index contributed by atoms with van der Waals surface area (Å²) in [4.78, 5) is 27.8. The number of ether oxygens (including phenoxy) is 1. The van der Waals surface area contributed by atoms with Crippen molar-refractivity contribution >= 4 is 17.5 Å². The van der Waals surface area contributed by atoms with Crippen LogP contribution in [0.4, 0.5) is 5.69 Å². The fourth-order valence-electron chi connectivity index (χ4n) is 3.56. The van der Waals surface area contributed by atoms with E-state index in [0.29, 0.717) is 18.7 Å². The van der Waals surface area contributed by atoms with E-state index in [1.807, 2.05) is 19.1 Å². The summed E-state index contributed by atoms with van der Waals surface area (Å²) >= 11 is 0. The Morgan fingerprint density at radius 3 is 2.43 bits per heavy atom. The highest BCUT2D eigenvalue weighted by Gasteiger charge is 2.46. The Morgan fingerprint density at radius 2 is 1.83 bits per heavy atom. The predicted molar refractivity (Wildman–Crippen MR) is 87.6 cm³/mol. The molecule has 2 aliphatic rings. The van der Waals surface area contributed by atoms with Crippen molar-refractivity contribution in [3.8, 4) is 5.75 Å². The van der Waals surface area contributed by atoms with Gasteiger partial charge in [-0.15, -0.1) is 0 Å². The van der Waals surface area contributed by atoms with Gasteiger partial charge in [0, 0.05) is 0 Å². The summed E-state index contributed by atoms with van der Waals surface area (Å²) < 4.78 is 5.41. The van der Waals surface area contributed by atoms with Crippen molar-refractivity contribution in [2.24, 2.45) is 5.92 Å². The Bertz CT molecular complexity index is 576. The molecular weight excluding hydrogens is 292 g/mol. The van der Waals surface area contributed by atoms with Crippen LogP contribution in [0.1, 0.15) is 33.1 Å². The molecule has 1 unspecified atom stereocenters. The van der Waals surface area contributed by atoms with E-state index in [1.54, 1.807) is 12.1 Å². The number of benzene rings is 1. The summed E-state index contributed by atoms with van der Waals surface area (Å²) in [5.74, 6) is 1.34. The van der Waals surface area contributed by atoms with E-state index in [1.165, 1.54) is 9.80 Å². The Balaban J connectivity index is 1.73. The van der Waals surface area contributed by atoms with Crippen molar-refractivity contribution in [1.29, 1.82) is 0 Å². The van der Waals surface area contributed by atoms with Gasteiger partial charge in [-0.1, -0.05) is 6.92 Å². The normalized spacial score (nSPS) is 28.3. The molecule has 0 bridgehead atoms. The first kappa shape index (κ1) is 16.0. The number of hydrogen-bond acceptors (Lipinski definition) is 3. The van der Waals surface area contributed by atoms with E-state index in [-0.39, 0.29) is 17.9 Å². The maximum Gasteiger partial charge on any atom is 0.292 e. The smallest absolute Gasteiger partial charge is 0.292 e. The van der Waals surface area contributed by atoms with Gasteiger partial charge in [0.2, 0.25) is 5.91 Å². The van der Waals surface area contributed by atoms with E-state index in [4.69, 9.17) is 4.74 Å². The van der Waals surface area contributed by atoms with Crippen LogP contribution in [0.3, 0.4) is 0 Å². The Morgan fingerprint density at radius 1 is 1.17 bits per heavy atom. The minimum Gasteiger partial charge on any atom is -0.494 e. The monoisotopic (exact) mass is 317 g/mol. The number of rotatable bonds is 4. The summed E-state index contributed by atoms with van der Waals surface area (Å²) in [6, 6.07) is 6.99. The highest BCUT2D eigenvalue weighted by atomic mass is 16.5. The predicted octanol–water partition coefficient (Wildman–Crippen LogP) is 1.03. The number of nitrogens with zero attached hydrogens (tertiary/aromatic N) is 1. The van der Waals surface area contributed by atoms with Gasteiger partial charge in [-0.05, 0) is 49.9 Å². The van der Waals surface area contributed by atoms with Gasteiger partial charge < -0.3 is 9.64 Å². The van der Waals surface area contributed by atoms with Crippen molar-refractivity contribution in [3.63, 3.8) is 0 Å². The largest absolute Gasteiger partial charge is 0.494 e. The van der Waals surface area contributed by atoms with E-state index in [2.05, 4.69) is 6.92 Å². The van der Waals surface area contributed by atoms with Gasteiger partial charge in [0.05, 0.1) is 31.8 Å². The number of quaternary nitrogens is 1. The van der Waals surface area contributed by atoms with Crippen molar-refractivity contribution in [3.05, 3.63) is 24.3 Å². The Labute approximate surface area is 137 Å². The average molecular weight is 317 g/mol. The van der Waals surface area contributed by atoms with Gasteiger partial charge in [-0.25, -0.2) is 4.90 Å². The molecule has 2 heterocycles. The molecule has 1 aromatic carbocycles. The molecule has 0 saturated carbocycles. The van der Waals surface area contributed by atoms with Gasteiger partial charge >= 0.3 is 0 Å². The summed E-state index contributed by atoms with van der Waals surface area (Å²) in [5, 5.41) is 0. The van der Waals surface area contributed by atoms with E-state index in [9.17, 15) is 9.59 Å². The molecule has 5 nitrogen and oxygen atoms in total. The second-order valence-electron chi connectivity index (χ2n) is 6.59. The lowest BCUT2D eigenvalue weighted by molar-refractivity contribution is -0.920. The van der Waals surface area contributed by atoms with Crippen LogP contribution in [0.15, 0.2) is 24.3 Å². The number of imide groups is 1. The van der Waals surface area contributed by atoms with Gasteiger partial charge in [0.25, 0.3) is 5.91 Å². The molecule has 1 N–H and O–H groups in total. The molecule has 124 valence electrons. The minimum atomic E-state index is -0.207. The van der Waals surface area contributed by atoms with Crippen molar-refractivity contribution in [2.75, 3.05) is 24.6 Å². The molecule has 0 aliphatic carbocycles. The van der Waals surface area contributed by atoms with Gasteiger partial charge in [-0.3, -0.25) is 9.59 Å².